The highest BCUT2D eigenvalue weighted by Gasteiger charge is 2.19. The fourth-order valence-electron chi connectivity index (χ4n) is 2.11. The Kier molecular flexibility index (Phi) is 4.74. The lowest BCUT2D eigenvalue weighted by molar-refractivity contribution is -0.141. The van der Waals surface area contributed by atoms with Crippen molar-refractivity contribution in [1.29, 1.82) is 0 Å². The van der Waals surface area contributed by atoms with Crippen LogP contribution in [0.2, 0.25) is 0 Å². The summed E-state index contributed by atoms with van der Waals surface area (Å²) < 4.78 is 0. The average Bonchev–Trinajstić information content (AvgIpc) is 2.87. The van der Waals surface area contributed by atoms with Crippen molar-refractivity contribution < 1.29 is 9.90 Å². The molecule has 0 aliphatic rings. The third kappa shape index (κ3) is 3.93. The molecule has 0 saturated heterocycles. The minimum Gasteiger partial charge on any atom is -0.481 e. The maximum atomic E-state index is 11.4. The number of carboxylic acids is 1. The van der Waals surface area contributed by atoms with E-state index in [4.69, 9.17) is 0 Å². The van der Waals surface area contributed by atoms with Crippen LogP contribution in [0.3, 0.4) is 0 Å². The van der Waals surface area contributed by atoms with Crippen molar-refractivity contribution >= 4 is 17.3 Å². The number of hydrogen-bond acceptors (Lipinski definition) is 2. The molecule has 0 radical (unpaired) electrons. The number of rotatable bonds is 6. The van der Waals surface area contributed by atoms with Gasteiger partial charge in [-0.05, 0) is 37.0 Å². The molecule has 2 nitrogen and oxygen atoms in total. The van der Waals surface area contributed by atoms with Crippen molar-refractivity contribution in [2.75, 3.05) is 0 Å². The van der Waals surface area contributed by atoms with Crippen molar-refractivity contribution in [2.24, 2.45) is 5.92 Å². The Labute approximate surface area is 117 Å². The number of carboxylic acid groups (broad SMARTS) is 1. The predicted molar refractivity (Wildman–Crippen MR) is 78.7 cm³/mol. The molecule has 0 amide bonds. The van der Waals surface area contributed by atoms with Crippen LogP contribution in [-0.2, 0) is 24.1 Å². The van der Waals surface area contributed by atoms with Crippen LogP contribution in [-0.4, -0.2) is 11.1 Å². The second kappa shape index (κ2) is 6.53. The van der Waals surface area contributed by atoms with Crippen LogP contribution in [0.5, 0.6) is 0 Å². The van der Waals surface area contributed by atoms with Crippen molar-refractivity contribution in [3.63, 3.8) is 0 Å². The Morgan fingerprint density at radius 2 is 1.79 bits per heavy atom. The minimum atomic E-state index is -0.713. The third-order valence-electron chi connectivity index (χ3n) is 3.19. The van der Waals surface area contributed by atoms with Gasteiger partial charge in [0.2, 0.25) is 0 Å². The van der Waals surface area contributed by atoms with E-state index in [1.54, 1.807) is 11.3 Å². The zero-order chi connectivity index (χ0) is 13.7. The molecule has 1 aromatic heterocycles. The Bertz CT molecular complexity index is 531. The number of carbonyl (C=O) groups is 1. The molecule has 0 aliphatic carbocycles. The molecule has 1 atom stereocenters. The molecule has 0 spiro atoms. The molecule has 2 aromatic rings. The van der Waals surface area contributed by atoms with E-state index in [1.165, 1.54) is 9.75 Å². The molecule has 3 heteroatoms. The largest absolute Gasteiger partial charge is 0.481 e. The van der Waals surface area contributed by atoms with Crippen LogP contribution >= 0.6 is 11.3 Å². The standard InChI is InChI=1S/C16H18O2S/c1-2-14-8-9-15(19-14)11-13(16(17)18)10-12-6-4-3-5-7-12/h3-9,13H,2,10-11H2,1H3,(H,17,18). The summed E-state index contributed by atoms with van der Waals surface area (Å²) >= 11 is 1.73. The van der Waals surface area contributed by atoms with Gasteiger partial charge in [0, 0.05) is 9.75 Å². The zero-order valence-electron chi connectivity index (χ0n) is 11.0. The zero-order valence-corrected chi connectivity index (χ0v) is 11.8. The van der Waals surface area contributed by atoms with Gasteiger partial charge in [-0.3, -0.25) is 4.79 Å². The highest BCUT2D eigenvalue weighted by atomic mass is 32.1. The Morgan fingerprint density at radius 1 is 1.11 bits per heavy atom. The number of thiophene rings is 1. The van der Waals surface area contributed by atoms with Gasteiger partial charge in [-0.25, -0.2) is 0 Å². The second-order valence-corrected chi connectivity index (χ2v) is 5.90. The number of benzene rings is 1. The van der Waals surface area contributed by atoms with Crippen molar-refractivity contribution in [1.82, 2.24) is 0 Å². The Balaban J connectivity index is 2.06. The van der Waals surface area contributed by atoms with Gasteiger partial charge in [-0.15, -0.1) is 11.3 Å². The van der Waals surface area contributed by atoms with E-state index in [1.807, 2.05) is 30.3 Å². The number of aryl methyl sites for hydroxylation is 1. The fraction of sp³-hybridized carbons (Fsp3) is 0.312. The van der Waals surface area contributed by atoms with Crippen molar-refractivity contribution in [3.05, 3.63) is 57.8 Å². The molecule has 1 aromatic carbocycles. The van der Waals surface area contributed by atoms with Crippen molar-refractivity contribution in [3.8, 4) is 0 Å². The molecule has 1 heterocycles. The fourth-order valence-corrected chi connectivity index (χ4v) is 3.15. The average molecular weight is 274 g/mol. The van der Waals surface area contributed by atoms with Crippen LogP contribution in [0.25, 0.3) is 0 Å². The first-order valence-electron chi connectivity index (χ1n) is 6.53. The van der Waals surface area contributed by atoms with E-state index >= 15 is 0 Å². The third-order valence-corrected chi connectivity index (χ3v) is 4.44. The van der Waals surface area contributed by atoms with Gasteiger partial charge in [0.15, 0.2) is 0 Å². The first kappa shape index (κ1) is 13.8. The summed E-state index contributed by atoms with van der Waals surface area (Å²) in [5, 5.41) is 9.36. The first-order chi connectivity index (χ1) is 9.19. The Morgan fingerprint density at radius 3 is 2.37 bits per heavy atom. The molecule has 0 fully saturated rings. The maximum absolute atomic E-state index is 11.4. The van der Waals surface area contributed by atoms with Gasteiger partial charge >= 0.3 is 5.97 Å². The summed E-state index contributed by atoms with van der Waals surface area (Å²) in [5.74, 6) is -1.05. The molecule has 0 bridgehead atoms. The van der Waals surface area contributed by atoms with Crippen molar-refractivity contribution in [2.45, 2.75) is 26.2 Å². The summed E-state index contributed by atoms with van der Waals surface area (Å²) in [4.78, 5) is 13.9. The van der Waals surface area contributed by atoms with Gasteiger partial charge < -0.3 is 5.11 Å². The van der Waals surface area contributed by atoms with E-state index < -0.39 is 5.97 Å². The van der Waals surface area contributed by atoms with Crippen LogP contribution in [0.15, 0.2) is 42.5 Å². The van der Waals surface area contributed by atoms with Crippen LogP contribution < -0.4 is 0 Å². The van der Waals surface area contributed by atoms with Gasteiger partial charge in [0.05, 0.1) is 5.92 Å². The molecule has 100 valence electrons. The molecular formula is C16H18O2S. The molecule has 2 rings (SSSR count). The number of aliphatic carboxylic acids is 1. The minimum absolute atomic E-state index is 0.342. The van der Waals surface area contributed by atoms with Gasteiger partial charge in [0.1, 0.15) is 0 Å². The highest BCUT2D eigenvalue weighted by Crippen LogP contribution is 2.22. The maximum Gasteiger partial charge on any atom is 0.307 e. The second-order valence-electron chi connectivity index (χ2n) is 4.65. The molecule has 0 saturated carbocycles. The van der Waals surface area contributed by atoms with E-state index in [9.17, 15) is 9.90 Å². The lowest BCUT2D eigenvalue weighted by Crippen LogP contribution is -2.18. The van der Waals surface area contributed by atoms with E-state index in [0.717, 1.165) is 12.0 Å². The Hall–Kier alpha value is -1.61. The lowest BCUT2D eigenvalue weighted by Gasteiger charge is -2.11. The molecule has 19 heavy (non-hydrogen) atoms. The highest BCUT2D eigenvalue weighted by molar-refractivity contribution is 7.11. The van der Waals surface area contributed by atoms with E-state index in [0.29, 0.717) is 12.8 Å². The summed E-state index contributed by atoms with van der Waals surface area (Å²) in [6.07, 6.45) is 2.23. The number of hydrogen-bond donors (Lipinski definition) is 1. The van der Waals surface area contributed by atoms with E-state index in [-0.39, 0.29) is 5.92 Å². The molecular weight excluding hydrogens is 256 g/mol. The van der Waals surface area contributed by atoms with Gasteiger partial charge in [-0.2, -0.15) is 0 Å². The lowest BCUT2D eigenvalue weighted by atomic mass is 9.96. The monoisotopic (exact) mass is 274 g/mol. The summed E-state index contributed by atoms with van der Waals surface area (Å²) in [7, 11) is 0. The van der Waals surface area contributed by atoms with Crippen LogP contribution in [0.1, 0.15) is 22.2 Å². The topological polar surface area (TPSA) is 37.3 Å². The first-order valence-corrected chi connectivity index (χ1v) is 7.35. The van der Waals surface area contributed by atoms with Crippen LogP contribution in [0.4, 0.5) is 0 Å². The summed E-state index contributed by atoms with van der Waals surface area (Å²) in [5.41, 5.74) is 1.09. The van der Waals surface area contributed by atoms with Gasteiger partial charge in [-0.1, -0.05) is 37.3 Å². The normalized spacial score (nSPS) is 12.3. The summed E-state index contributed by atoms with van der Waals surface area (Å²) in [6, 6.07) is 14.0. The quantitative estimate of drug-likeness (QED) is 0.870. The van der Waals surface area contributed by atoms with Crippen LogP contribution in [0, 0.1) is 5.92 Å². The SMILES string of the molecule is CCc1ccc(CC(Cc2ccccc2)C(=O)O)s1. The summed E-state index contributed by atoms with van der Waals surface area (Å²) in [6.45, 7) is 2.12. The smallest absolute Gasteiger partial charge is 0.307 e. The van der Waals surface area contributed by atoms with E-state index in [2.05, 4.69) is 19.1 Å². The van der Waals surface area contributed by atoms with Gasteiger partial charge in [0.25, 0.3) is 0 Å². The molecule has 1 unspecified atom stereocenters. The molecule has 1 N–H and O–H groups in total. The predicted octanol–water partition coefficient (Wildman–Crippen LogP) is 3.80. The molecule has 0 aliphatic heterocycles.